The lowest BCUT2D eigenvalue weighted by Gasteiger charge is -2.36. The third-order valence-electron chi connectivity index (χ3n) is 4.66. The molecular weight excluding hydrogens is 274 g/mol. The summed E-state index contributed by atoms with van der Waals surface area (Å²) in [6.45, 7) is 12.6. The second-order valence-electron chi connectivity index (χ2n) is 7.84. The van der Waals surface area contributed by atoms with Gasteiger partial charge >= 0.3 is 5.97 Å². The van der Waals surface area contributed by atoms with Crippen LogP contribution in [0, 0.1) is 5.92 Å². The summed E-state index contributed by atoms with van der Waals surface area (Å²) in [4.78, 5) is 12.4. The highest BCUT2D eigenvalue weighted by Crippen LogP contribution is 2.30. The van der Waals surface area contributed by atoms with Crippen LogP contribution in [0.25, 0.3) is 0 Å². The number of piperidine rings is 1. The van der Waals surface area contributed by atoms with Crippen molar-refractivity contribution in [3.8, 4) is 0 Å². The van der Waals surface area contributed by atoms with Gasteiger partial charge in [0, 0.05) is 5.92 Å². The first-order chi connectivity index (χ1) is 10.2. The Labute approximate surface area is 134 Å². The normalized spacial score (nSPS) is 17.3. The van der Waals surface area contributed by atoms with E-state index in [1.165, 1.54) is 5.56 Å². The molecule has 0 aliphatic carbocycles. The van der Waals surface area contributed by atoms with Crippen molar-refractivity contribution in [2.45, 2.75) is 58.5 Å². The number of rotatable bonds is 3. The minimum absolute atomic E-state index is 0.0941. The van der Waals surface area contributed by atoms with E-state index >= 15 is 0 Å². The average Bonchev–Trinajstić information content (AvgIpc) is 2.47. The van der Waals surface area contributed by atoms with Crippen LogP contribution in [-0.4, -0.2) is 24.7 Å². The highest BCUT2D eigenvalue weighted by atomic mass is 16.6. The monoisotopic (exact) mass is 303 g/mol. The van der Waals surface area contributed by atoms with E-state index < -0.39 is 5.60 Å². The van der Waals surface area contributed by atoms with Crippen LogP contribution in [0.4, 0.5) is 0 Å². The third kappa shape index (κ3) is 4.10. The lowest BCUT2D eigenvalue weighted by atomic mass is 9.83. The van der Waals surface area contributed by atoms with E-state index in [2.05, 4.69) is 26.1 Å². The molecule has 0 atom stereocenters. The van der Waals surface area contributed by atoms with E-state index in [4.69, 9.17) is 4.74 Å². The fraction of sp³-hybridized carbons (Fsp3) is 0.632. The van der Waals surface area contributed by atoms with Crippen molar-refractivity contribution < 1.29 is 9.53 Å². The Morgan fingerprint density at radius 2 is 1.59 bits per heavy atom. The quantitative estimate of drug-likeness (QED) is 0.860. The lowest BCUT2D eigenvalue weighted by molar-refractivity contribution is -0.0368. The molecule has 1 aliphatic heterocycles. The molecule has 1 aliphatic rings. The number of carbonyl (C=O) groups excluding carboxylic acids is 1. The number of hydrogen-bond acceptors (Lipinski definition) is 3. The van der Waals surface area contributed by atoms with Gasteiger partial charge in [-0.25, -0.2) is 4.79 Å². The third-order valence-corrected chi connectivity index (χ3v) is 4.66. The SMILES string of the molecule is CC(C)(C)c1ccc(C(=O)OC(C)(C)C2CCNCC2)cc1. The van der Waals surface area contributed by atoms with Crippen molar-refractivity contribution in [2.24, 2.45) is 5.92 Å². The van der Waals surface area contributed by atoms with Gasteiger partial charge < -0.3 is 10.1 Å². The van der Waals surface area contributed by atoms with Crippen molar-refractivity contribution in [2.75, 3.05) is 13.1 Å². The van der Waals surface area contributed by atoms with Gasteiger partial charge in [0.2, 0.25) is 0 Å². The molecule has 122 valence electrons. The molecule has 0 bridgehead atoms. The summed E-state index contributed by atoms with van der Waals surface area (Å²) in [5, 5.41) is 3.35. The maximum atomic E-state index is 12.4. The van der Waals surface area contributed by atoms with Gasteiger partial charge in [-0.2, -0.15) is 0 Å². The van der Waals surface area contributed by atoms with Crippen molar-refractivity contribution in [3.05, 3.63) is 35.4 Å². The highest BCUT2D eigenvalue weighted by Gasteiger charge is 2.34. The minimum atomic E-state index is -0.415. The molecule has 0 saturated carbocycles. The molecule has 3 heteroatoms. The van der Waals surface area contributed by atoms with Gasteiger partial charge in [0.25, 0.3) is 0 Å². The first-order valence-corrected chi connectivity index (χ1v) is 8.25. The van der Waals surface area contributed by atoms with Gasteiger partial charge in [0.05, 0.1) is 5.56 Å². The summed E-state index contributed by atoms with van der Waals surface area (Å²) in [5.41, 5.74) is 1.54. The Morgan fingerprint density at radius 1 is 1.05 bits per heavy atom. The summed E-state index contributed by atoms with van der Waals surface area (Å²) in [6.07, 6.45) is 2.12. The van der Waals surface area contributed by atoms with Crippen molar-refractivity contribution in [1.82, 2.24) is 5.32 Å². The van der Waals surface area contributed by atoms with Crippen LogP contribution >= 0.6 is 0 Å². The number of hydrogen-bond donors (Lipinski definition) is 1. The average molecular weight is 303 g/mol. The molecular formula is C19H29NO2. The van der Waals surface area contributed by atoms with Crippen LogP contribution in [0.15, 0.2) is 24.3 Å². The standard InChI is InChI=1S/C19H29NO2/c1-18(2,3)15-8-6-14(7-9-15)17(21)22-19(4,5)16-10-12-20-13-11-16/h6-9,16,20H,10-13H2,1-5H3. The maximum Gasteiger partial charge on any atom is 0.338 e. The summed E-state index contributed by atoms with van der Waals surface area (Å²) >= 11 is 0. The Morgan fingerprint density at radius 3 is 2.09 bits per heavy atom. The molecule has 1 aromatic rings. The Bertz CT molecular complexity index is 505. The molecule has 1 aromatic carbocycles. The molecule has 2 rings (SSSR count). The molecule has 22 heavy (non-hydrogen) atoms. The van der Waals surface area contributed by atoms with Crippen LogP contribution in [0.1, 0.15) is 63.4 Å². The molecule has 0 aromatic heterocycles. The van der Waals surface area contributed by atoms with Gasteiger partial charge in [0.15, 0.2) is 0 Å². The molecule has 3 nitrogen and oxygen atoms in total. The first kappa shape index (κ1) is 17.0. The predicted octanol–water partition coefficient (Wildman–Crippen LogP) is 3.92. The van der Waals surface area contributed by atoms with Crippen LogP contribution in [0.3, 0.4) is 0 Å². The Kier molecular flexibility index (Phi) is 4.96. The van der Waals surface area contributed by atoms with E-state index in [1.807, 2.05) is 38.1 Å². The maximum absolute atomic E-state index is 12.4. The van der Waals surface area contributed by atoms with Crippen LogP contribution in [-0.2, 0) is 10.2 Å². The molecule has 1 fully saturated rings. The van der Waals surface area contributed by atoms with Gasteiger partial charge in [0.1, 0.15) is 5.60 Å². The zero-order valence-corrected chi connectivity index (χ0v) is 14.5. The van der Waals surface area contributed by atoms with Gasteiger partial charge in [-0.3, -0.25) is 0 Å². The zero-order chi connectivity index (χ0) is 16.4. The van der Waals surface area contributed by atoms with E-state index in [0.29, 0.717) is 11.5 Å². The number of carbonyl (C=O) groups is 1. The molecule has 0 spiro atoms. The van der Waals surface area contributed by atoms with E-state index in [0.717, 1.165) is 25.9 Å². The van der Waals surface area contributed by atoms with Gasteiger partial charge in [-0.15, -0.1) is 0 Å². The molecule has 0 radical (unpaired) electrons. The van der Waals surface area contributed by atoms with E-state index in [1.54, 1.807) is 0 Å². The molecule has 0 amide bonds. The Balaban J connectivity index is 2.05. The molecule has 1 heterocycles. The summed E-state index contributed by atoms with van der Waals surface area (Å²) in [5.74, 6) is 0.204. The molecule has 0 unspecified atom stereocenters. The van der Waals surface area contributed by atoms with E-state index in [9.17, 15) is 4.79 Å². The van der Waals surface area contributed by atoms with Crippen LogP contribution < -0.4 is 5.32 Å². The smallest absolute Gasteiger partial charge is 0.338 e. The second kappa shape index (κ2) is 6.41. The molecule has 1 N–H and O–H groups in total. The van der Waals surface area contributed by atoms with Crippen molar-refractivity contribution in [1.29, 1.82) is 0 Å². The number of esters is 1. The number of nitrogens with one attached hydrogen (secondary N) is 1. The second-order valence-corrected chi connectivity index (χ2v) is 7.84. The van der Waals surface area contributed by atoms with E-state index in [-0.39, 0.29) is 11.4 Å². The van der Waals surface area contributed by atoms with Crippen LogP contribution in [0.5, 0.6) is 0 Å². The predicted molar refractivity (Wildman–Crippen MR) is 90.2 cm³/mol. The summed E-state index contributed by atoms with van der Waals surface area (Å²) < 4.78 is 5.82. The summed E-state index contributed by atoms with van der Waals surface area (Å²) in [7, 11) is 0. The minimum Gasteiger partial charge on any atom is -0.456 e. The van der Waals surface area contributed by atoms with Crippen molar-refractivity contribution >= 4 is 5.97 Å². The fourth-order valence-electron chi connectivity index (χ4n) is 3.00. The number of ether oxygens (including phenoxy) is 1. The Hall–Kier alpha value is -1.35. The fourth-order valence-corrected chi connectivity index (χ4v) is 3.00. The van der Waals surface area contributed by atoms with Crippen LogP contribution in [0.2, 0.25) is 0 Å². The zero-order valence-electron chi connectivity index (χ0n) is 14.5. The van der Waals surface area contributed by atoms with Crippen molar-refractivity contribution in [3.63, 3.8) is 0 Å². The van der Waals surface area contributed by atoms with Gasteiger partial charge in [-0.1, -0.05) is 32.9 Å². The van der Waals surface area contributed by atoms with Gasteiger partial charge in [-0.05, 0) is 62.9 Å². The topological polar surface area (TPSA) is 38.3 Å². The highest BCUT2D eigenvalue weighted by molar-refractivity contribution is 5.89. The largest absolute Gasteiger partial charge is 0.456 e. The molecule has 1 saturated heterocycles. The first-order valence-electron chi connectivity index (χ1n) is 8.25. The lowest BCUT2D eigenvalue weighted by Crippen LogP contribution is -2.42. The summed E-state index contributed by atoms with van der Waals surface area (Å²) in [6, 6.07) is 7.80. The number of benzene rings is 1.